The number of aromatic nitrogens is 1. The molecule has 0 saturated carbocycles. The zero-order chi connectivity index (χ0) is 14.9. The minimum atomic E-state index is -3.74. The predicted octanol–water partition coefficient (Wildman–Crippen LogP) is 0.722. The summed E-state index contributed by atoms with van der Waals surface area (Å²) in [5.41, 5.74) is 1.20. The summed E-state index contributed by atoms with van der Waals surface area (Å²) in [5.74, 6) is -0.735. The molecule has 1 fully saturated rings. The number of rotatable bonds is 3. The summed E-state index contributed by atoms with van der Waals surface area (Å²) in [7, 11) is -2.54. The van der Waals surface area contributed by atoms with Gasteiger partial charge in [0.2, 0.25) is 0 Å². The molecule has 1 aliphatic rings. The Morgan fingerprint density at radius 3 is 2.81 bits per heavy atom. The summed E-state index contributed by atoms with van der Waals surface area (Å²) >= 11 is 0.935. The molecule has 1 saturated heterocycles. The van der Waals surface area contributed by atoms with Crippen molar-refractivity contribution in [3.63, 3.8) is 0 Å². The minimum Gasteiger partial charge on any atom is -0.464 e. The highest BCUT2D eigenvalue weighted by molar-refractivity contribution is 7.91. The number of nitrogens with zero attached hydrogens (tertiary/aromatic N) is 2. The molecule has 1 N–H and O–H groups in total. The lowest BCUT2D eigenvalue weighted by Crippen LogP contribution is -2.57. The topological polar surface area (TPSA) is 88.6 Å². The number of thiazole rings is 1. The fraction of sp³-hybridized carbons (Fsp3) is 0.636. The molecule has 120 valence electrons. The third-order valence-corrected chi connectivity index (χ3v) is 6.77. The van der Waals surface area contributed by atoms with Gasteiger partial charge in [0, 0.05) is 25.2 Å². The zero-order valence-electron chi connectivity index (χ0n) is 11.9. The second-order valence-electron chi connectivity index (χ2n) is 4.58. The molecule has 1 aromatic heterocycles. The predicted molar refractivity (Wildman–Crippen MR) is 81.5 cm³/mol. The molecule has 0 radical (unpaired) electrons. The van der Waals surface area contributed by atoms with Crippen LogP contribution in [0.25, 0.3) is 0 Å². The smallest absolute Gasteiger partial charge is 0.358 e. The van der Waals surface area contributed by atoms with Crippen LogP contribution < -0.4 is 5.32 Å². The van der Waals surface area contributed by atoms with Gasteiger partial charge >= 0.3 is 5.97 Å². The van der Waals surface area contributed by atoms with Gasteiger partial charge in [-0.05, 0) is 13.8 Å². The van der Waals surface area contributed by atoms with E-state index in [0.29, 0.717) is 13.1 Å². The van der Waals surface area contributed by atoms with Crippen molar-refractivity contribution in [2.75, 3.05) is 20.2 Å². The standard InChI is InChI=1S/C11H17N3O4S2.ClH/c1-7-8(2)14(5-4-12-7)20(16,17)11-9(10(15)18-3)13-6-19-11;/h6-8,12H,4-5H2,1-3H3;1H. The van der Waals surface area contributed by atoms with Crippen LogP contribution in [-0.2, 0) is 14.8 Å². The molecule has 0 aromatic carbocycles. The first kappa shape index (κ1) is 18.3. The van der Waals surface area contributed by atoms with Gasteiger partial charge in [-0.15, -0.1) is 23.7 Å². The van der Waals surface area contributed by atoms with Gasteiger partial charge in [-0.1, -0.05) is 0 Å². The fourth-order valence-corrected chi connectivity index (χ4v) is 5.07. The molecule has 1 aliphatic heterocycles. The van der Waals surface area contributed by atoms with E-state index in [9.17, 15) is 13.2 Å². The van der Waals surface area contributed by atoms with Crippen molar-refractivity contribution in [1.82, 2.24) is 14.6 Å². The Balaban J connectivity index is 0.00000220. The Kier molecular flexibility index (Phi) is 6.11. The van der Waals surface area contributed by atoms with Crippen LogP contribution >= 0.6 is 23.7 Å². The van der Waals surface area contributed by atoms with E-state index in [4.69, 9.17) is 0 Å². The lowest BCUT2D eigenvalue weighted by molar-refractivity contribution is 0.0590. The number of halogens is 1. The van der Waals surface area contributed by atoms with Crippen LogP contribution in [0.1, 0.15) is 24.3 Å². The number of methoxy groups -OCH3 is 1. The highest BCUT2D eigenvalue weighted by Crippen LogP contribution is 2.27. The summed E-state index contributed by atoms with van der Waals surface area (Å²) in [6.07, 6.45) is 0. The fourth-order valence-electron chi connectivity index (χ4n) is 2.12. The van der Waals surface area contributed by atoms with Crippen molar-refractivity contribution in [3.8, 4) is 0 Å². The first-order chi connectivity index (χ1) is 9.39. The molecule has 21 heavy (non-hydrogen) atoms. The van der Waals surface area contributed by atoms with Gasteiger partial charge in [0.1, 0.15) is 0 Å². The maximum Gasteiger partial charge on any atom is 0.358 e. The number of ether oxygens (including phenoxy) is 1. The van der Waals surface area contributed by atoms with Gasteiger partial charge in [-0.2, -0.15) is 4.31 Å². The Hall–Kier alpha value is -0.740. The number of sulfonamides is 1. The molecule has 7 nitrogen and oxygen atoms in total. The normalized spacial score (nSPS) is 23.4. The third-order valence-electron chi connectivity index (χ3n) is 3.43. The number of esters is 1. The molecule has 0 spiro atoms. The maximum atomic E-state index is 12.7. The molecular weight excluding hydrogens is 338 g/mol. The van der Waals surface area contributed by atoms with E-state index >= 15 is 0 Å². The third kappa shape index (κ3) is 3.37. The van der Waals surface area contributed by atoms with Gasteiger partial charge in [0.25, 0.3) is 10.0 Å². The van der Waals surface area contributed by atoms with Crippen molar-refractivity contribution >= 4 is 39.7 Å². The molecule has 2 atom stereocenters. The van der Waals surface area contributed by atoms with Gasteiger partial charge in [-0.25, -0.2) is 18.2 Å². The molecule has 10 heteroatoms. The number of carbonyl (C=O) groups excluding carboxylic acids is 1. The average molecular weight is 356 g/mol. The van der Waals surface area contributed by atoms with Crippen molar-refractivity contribution in [3.05, 3.63) is 11.2 Å². The second-order valence-corrected chi connectivity index (χ2v) is 7.52. The quantitative estimate of drug-likeness (QED) is 0.804. The van der Waals surface area contributed by atoms with E-state index < -0.39 is 16.0 Å². The highest BCUT2D eigenvalue weighted by Gasteiger charge is 2.38. The molecule has 2 unspecified atom stereocenters. The first-order valence-electron chi connectivity index (χ1n) is 6.16. The number of nitrogens with one attached hydrogen (secondary N) is 1. The zero-order valence-corrected chi connectivity index (χ0v) is 14.3. The van der Waals surface area contributed by atoms with Gasteiger partial charge < -0.3 is 10.1 Å². The molecule has 0 amide bonds. The molecule has 2 rings (SSSR count). The average Bonchev–Trinajstić information content (AvgIpc) is 2.90. The summed E-state index contributed by atoms with van der Waals surface area (Å²) in [4.78, 5) is 15.4. The lowest BCUT2D eigenvalue weighted by atomic mass is 10.1. The Bertz CT molecular complexity index is 604. The largest absolute Gasteiger partial charge is 0.464 e. The van der Waals surface area contributed by atoms with Crippen LogP contribution in [0.3, 0.4) is 0 Å². The Morgan fingerprint density at radius 2 is 2.19 bits per heavy atom. The number of piperazine rings is 1. The minimum absolute atomic E-state index is 0. The number of hydrogen-bond acceptors (Lipinski definition) is 7. The van der Waals surface area contributed by atoms with Crippen LogP contribution in [0, 0.1) is 0 Å². The van der Waals surface area contributed by atoms with E-state index in [2.05, 4.69) is 15.0 Å². The van der Waals surface area contributed by atoms with Crippen LogP contribution in [0.5, 0.6) is 0 Å². The highest BCUT2D eigenvalue weighted by atomic mass is 35.5. The Labute approximate surface area is 134 Å². The van der Waals surface area contributed by atoms with E-state index in [-0.39, 0.29) is 34.4 Å². The van der Waals surface area contributed by atoms with Crippen molar-refractivity contribution in [2.24, 2.45) is 0 Å². The molecule has 2 heterocycles. The van der Waals surface area contributed by atoms with Crippen LogP contribution in [-0.4, -0.2) is 56.0 Å². The van der Waals surface area contributed by atoms with Gasteiger partial charge in [0.15, 0.2) is 9.90 Å². The van der Waals surface area contributed by atoms with E-state index in [1.807, 2.05) is 13.8 Å². The second kappa shape index (κ2) is 7.01. The first-order valence-corrected chi connectivity index (χ1v) is 8.48. The van der Waals surface area contributed by atoms with Crippen molar-refractivity contribution in [1.29, 1.82) is 0 Å². The maximum absolute atomic E-state index is 12.7. The summed E-state index contributed by atoms with van der Waals surface area (Å²) in [6.45, 7) is 4.72. The SMILES string of the molecule is COC(=O)c1ncsc1S(=O)(=O)N1CCNC(C)C1C.Cl. The summed E-state index contributed by atoms with van der Waals surface area (Å²) < 4.78 is 31.3. The van der Waals surface area contributed by atoms with Crippen molar-refractivity contribution in [2.45, 2.75) is 30.1 Å². The van der Waals surface area contributed by atoms with E-state index in [0.717, 1.165) is 11.3 Å². The number of hydrogen-bond donors (Lipinski definition) is 1. The molecule has 1 aromatic rings. The molecule has 0 bridgehead atoms. The van der Waals surface area contributed by atoms with Crippen molar-refractivity contribution < 1.29 is 17.9 Å². The van der Waals surface area contributed by atoms with E-state index in [1.165, 1.54) is 16.9 Å². The van der Waals surface area contributed by atoms with E-state index in [1.54, 1.807) is 0 Å². The van der Waals surface area contributed by atoms with Gasteiger partial charge in [-0.3, -0.25) is 0 Å². The summed E-state index contributed by atoms with van der Waals surface area (Å²) in [6, 6.07) is -0.144. The van der Waals surface area contributed by atoms with Crippen LogP contribution in [0.2, 0.25) is 0 Å². The Morgan fingerprint density at radius 1 is 1.52 bits per heavy atom. The van der Waals surface area contributed by atoms with Crippen LogP contribution in [0.4, 0.5) is 0 Å². The molecule has 0 aliphatic carbocycles. The lowest BCUT2D eigenvalue weighted by Gasteiger charge is -2.37. The summed E-state index contributed by atoms with van der Waals surface area (Å²) in [5, 5.41) is 3.22. The number of carbonyl (C=O) groups is 1. The molecular formula is C11H18ClN3O4S2. The monoisotopic (exact) mass is 355 g/mol. The van der Waals surface area contributed by atoms with Gasteiger partial charge in [0.05, 0.1) is 12.6 Å². The van der Waals surface area contributed by atoms with Crippen LogP contribution in [0.15, 0.2) is 9.72 Å².